The van der Waals surface area contributed by atoms with Gasteiger partial charge in [0.2, 0.25) is 0 Å². The number of hydrogen-bond acceptors (Lipinski definition) is 7. The van der Waals surface area contributed by atoms with E-state index in [0.29, 0.717) is 19.1 Å². The lowest BCUT2D eigenvalue weighted by Crippen LogP contribution is -2.30. The zero-order chi connectivity index (χ0) is 29.1. The molecule has 214 valence electrons. The molecule has 1 unspecified atom stereocenters. The van der Waals surface area contributed by atoms with Crippen molar-refractivity contribution < 1.29 is 55.3 Å². The van der Waals surface area contributed by atoms with Crippen molar-refractivity contribution in [2.24, 2.45) is 5.92 Å². The summed E-state index contributed by atoms with van der Waals surface area (Å²) in [5.41, 5.74) is 3.41. The van der Waals surface area contributed by atoms with E-state index in [-0.39, 0.29) is 0 Å². The Morgan fingerprint density at radius 3 is 2.21 bits per heavy atom. The number of aromatic nitrogens is 3. The Morgan fingerprint density at radius 2 is 1.67 bits per heavy atom. The molecule has 0 fully saturated rings. The number of pyridine rings is 1. The third kappa shape index (κ3) is 11.6. The van der Waals surface area contributed by atoms with Crippen LogP contribution in [0, 0.1) is 5.92 Å². The fourth-order valence-corrected chi connectivity index (χ4v) is 3.30. The Labute approximate surface area is 217 Å². The molecule has 3 aromatic heterocycles. The van der Waals surface area contributed by atoms with Crippen LogP contribution < -0.4 is 0 Å². The first-order chi connectivity index (χ1) is 18.3. The van der Waals surface area contributed by atoms with Crippen LogP contribution in [0.3, 0.4) is 0 Å². The molecule has 0 spiro atoms. The molecule has 0 aliphatic carbocycles. The van der Waals surface area contributed by atoms with Gasteiger partial charge in [0.15, 0.2) is 0 Å². The lowest BCUT2D eigenvalue weighted by atomic mass is 10.1. The molecule has 0 amide bonds. The van der Waals surface area contributed by atoms with Crippen molar-refractivity contribution in [3.8, 4) is 0 Å². The highest BCUT2D eigenvalue weighted by molar-refractivity contribution is 5.73. The second-order valence-corrected chi connectivity index (χ2v) is 8.11. The fourth-order valence-electron chi connectivity index (χ4n) is 3.30. The summed E-state index contributed by atoms with van der Waals surface area (Å²) < 4.78 is 76.7. The van der Waals surface area contributed by atoms with E-state index in [9.17, 15) is 26.3 Å². The van der Waals surface area contributed by atoms with E-state index in [1.54, 1.807) is 12.5 Å². The van der Waals surface area contributed by atoms with Crippen molar-refractivity contribution in [3.63, 3.8) is 0 Å². The minimum absolute atomic E-state index is 0.386. The van der Waals surface area contributed by atoms with Gasteiger partial charge >= 0.3 is 24.3 Å². The number of carboxylic acids is 2. The summed E-state index contributed by atoms with van der Waals surface area (Å²) in [7, 11) is 0. The quantitative estimate of drug-likeness (QED) is 0.426. The monoisotopic (exact) mass is 566 g/mol. The lowest BCUT2D eigenvalue weighted by molar-refractivity contribution is -0.193. The Kier molecular flexibility index (Phi) is 11.5. The number of furan rings is 1. The van der Waals surface area contributed by atoms with Crippen LogP contribution in [0.25, 0.3) is 0 Å². The fraction of sp³-hybridized carbons (Fsp3) is 0.391. The maximum absolute atomic E-state index is 10.6. The normalized spacial score (nSPS) is 15.6. The number of fused-ring (bicyclic) bond motifs is 1. The third-order valence-electron chi connectivity index (χ3n) is 4.94. The van der Waals surface area contributed by atoms with E-state index in [4.69, 9.17) is 29.0 Å². The molecule has 16 heteroatoms. The van der Waals surface area contributed by atoms with E-state index in [2.05, 4.69) is 25.7 Å². The zero-order valence-corrected chi connectivity index (χ0v) is 20.1. The summed E-state index contributed by atoms with van der Waals surface area (Å²) in [6.07, 6.45) is -2.95. The molecular weight excluding hydrogens is 542 g/mol. The summed E-state index contributed by atoms with van der Waals surface area (Å²) in [5, 5.41) is 18.7. The van der Waals surface area contributed by atoms with Gasteiger partial charge in [-0.15, -0.1) is 0 Å². The standard InChI is InChI=1S/C19H22N4O2.2C2HF3O2/c1-2-6-20-18(3-1)15-25-14-17-10-22(9-16-5-8-24-13-16)12-19-4-7-21-23(19)11-17;2*3-2(4,5)1(6)7/h1-8,13,17H,9-12,14-15H2;2*(H,6,7). The summed E-state index contributed by atoms with van der Waals surface area (Å²) >= 11 is 0. The van der Waals surface area contributed by atoms with E-state index in [0.717, 1.165) is 31.9 Å². The summed E-state index contributed by atoms with van der Waals surface area (Å²) in [6, 6.07) is 10.0. The zero-order valence-electron chi connectivity index (χ0n) is 20.1. The van der Waals surface area contributed by atoms with E-state index in [1.807, 2.05) is 36.7 Å². The van der Waals surface area contributed by atoms with Gasteiger partial charge in [-0.05, 0) is 24.3 Å². The number of ether oxygens (including phenoxy) is 1. The van der Waals surface area contributed by atoms with Gasteiger partial charge < -0.3 is 19.4 Å². The predicted octanol–water partition coefficient (Wildman–Crippen LogP) is 3.99. The summed E-state index contributed by atoms with van der Waals surface area (Å²) in [5.74, 6) is -5.13. The van der Waals surface area contributed by atoms with Crippen molar-refractivity contribution in [2.75, 3.05) is 13.2 Å². The first kappa shape index (κ1) is 31.3. The summed E-state index contributed by atoms with van der Waals surface area (Å²) in [4.78, 5) is 24.5. The highest BCUT2D eigenvalue weighted by Crippen LogP contribution is 2.19. The molecule has 10 nitrogen and oxygen atoms in total. The number of aliphatic carboxylic acids is 2. The SMILES string of the molecule is O=C(O)C(F)(F)F.O=C(O)C(F)(F)F.c1ccc(COCC2CN(Cc3ccoc3)Cc3ccnn3C2)nc1. The number of alkyl halides is 6. The molecule has 0 aromatic carbocycles. The summed E-state index contributed by atoms with van der Waals surface area (Å²) in [6.45, 7) is 4.85. The Morgan fingerprint density at radius 1 is 1.00 bits per heavy atom. The maximum Gasteiger partial charge on any atom is 0.490 e. The lowest BCUT2D eigenvalue weighted by Gasteiger charge is -2.23. The molecule has 1 aliphatic rings. The molecule has 4 heterocycles. The largest absolute Gasteiger partial charge is 0.490 e. The maximum atomic E-state index is 10.6. The molecule has 0 saturated heterocycles. The van der Waals surface area contributed by atoms with Crippen LogP contribution in [0.4, 0.5) is 26.3 Å². The minimum Gasteiger partial charge on any atom is -0.475 e. The first-order valence-corrected chi connectivity index (χ1v) is 11.1. The van der Waals surface area contributed by atoms with Crippen LogP contribution in [0.5, 0.6) is 0 Å². The van der Waals surface area contributed by atoms with Crippen LogP contribution in [-0.4, -0.2) is 67.3 Å². The first-order valence-electron chi connectivity index (χ1n) is 11.1. The average molecular weight is 566 g/mol. The molecule has 39 heavy (non-hydrogen) atoms. The van der Waals surface area contributed by atoms with Crippen molar-refractivity contribution in [2.45, 2.75) is 38.6 Å². The van der Waals surface area contributed by atoms with Crippen LogP contribution in [0.2, 0.25) is 0 Å². The van der Waals surface area contributed by atoms with Crippen LogP contribution in [0.15, 0.2) is 59.7 Å². The second kappa shape index (κ2) is 14.3. The van der Waals surface area contributed by atoms with Gasteiger partial charge in [0.1, 0.15) is 0 Å². The van der Waals surface area contributed by atoms with Crippen molar-refractivity contribution in [1.29, 1.82) is 0 Å². The van der Waals surface area contributed by atoms with E-state index in [1.165, 1.54) is 11.3 Å². The third-order valence-corrected chi connectivity index (χ3v) is 4.94. The predicted molar refractivity (Wildman–Crippen MR) is 120 cm³/mol. The molecule has 3 aromatic rings. The van der Waals surface area contributed by atoms with Crippen molar-refractivity contribution in [3.05, 3.63) is 72.2 Å². The highest BCUT2D eigenvalue weighted by Gasteiger charge is 2.38. The highest BCUT2D eigenvalue weighted by atomic mass is 19.4. The molecule has 1 atom stereocenters. The van der Waals surface area contributed by atoms with Gasteiger partial charge in [0, 0.05) is 50.1 Å². The molecule has 1 aliphatic heterocycles. The number of carboxylic acid groups (broad SMARTS) is 2. The van der Waals surface area contributed by atoms with Gasteiger partial charge in [0.05, 0.1) is 37.1 Å². The Hall–Kier alpha value is -3.92. The Balaban J connectivity index is 0.000000317. The van der Waals surface area contributed by atoms with Crippen molar-refractivity contribution >= 4 is 11.9 Å². The van der Waals surface area contributed by atoms with E-state index >= 15 is 0 Å². The van der Waals surface area contributed by atoms with Gasteiger partial charge in [0.25, 0.3) is 0 Å². The molecular formula is C23H24F6N4O6. The van der Waals surface area contributed by atoms with Gasteiger partial charge in [-0.2, -0.15) is 31.4 Å². The molecule has 0 bridgehead atoms. The van der Waals surface area contributed by atoms with Gasteiger partial charge in [-0.25, -0.2) is 9.59 Å². The average Bonchev–Trinajstić information content (AvgIpc) is 3.48. The number of rotatable bonds is 6. The van der Waals surface area contributed by atoms with E-state index < -0.39 is 24.3 Å². The number of halogens is 6. The second-order valence-electron chi connectivity index (χ2n) is 8.11. The van der Waals surface area contributed by atoms with Gasteiger partial charge in [-0.3, -0.25) is 14.6 Å². The molecule has 0 saturated carbocycles. The number of hydrogen-bond donors (Lipinski definition) is 2. The molecule has 2 N–H and O–H groups in total. The van der Waals surface area contributed by atoms with Crippen LogP contribution >= 0.6 is 0 Å². The molecule has 0 radical (unpaired) electrons. The van der Waals surface area contributed by atoms with Crippen LogP contribution in [0.1, 0.15) is 17.0 Å². The van der Waals surface area contributed by atoms with Crippen molar-refractivity contribution in [1.82, 2.24) is 19.7 Å². The topological polar surface area (TPSA) is 131 Å². The van der Waals surface area contributed by atoms with Gasteiger partial charge in [-0.1, -0.05) is 6.07 Å². The number of nitrogens with zero attached hydrogens (tertiary/aromatic N) is 4. The number of carbonyl (C=O) groups is 2. The van der Waals surface area contributed by atoms with Crippen LogP contribution in [-0.2, 0) is 40.6 Å². The Bertz CT molecular complexity index is 1130. The minimum atomic E-state index is -5.08. The smallest absolute Gasteiger partial charge is 0.475 e. The molecule has 4 rings (SSSR count).